The highest BCUT2D eigenvalue weighted by atomic mass is 16.3. The topological polar surface area (TPSA) is 41.3 Å². The zero-order chi connectivity index (χ0) is 14.8. The fraction of sp³-hybridized carbons (Fsp3) is 0.588. The van der Waals surface area contributed by atoms with Gasteiger partial charge in [0.2, 0.25) is 0 Å². The maximum atomic E-state index is 9.35. The molecule has 0 bridgehead atoms. The third-order valence-corrected chi connectivity index (χ3v) is 4.55. The summed E-state index contributed by atoms with van der Waals surface area (Å²) in [6, 6.07) is 6.37. The standard InChI is InChI=1S/C17H25N3O/c1-13-5-7-19(8-6-13)12-17-18-15-11-14(2)3-4-16(15)20(17)9-10-21/h3-4,11,13,21H,5-10,12H2,1-2H3. The van der Waals surface area contributed by atoms with E-state index in [1.165, 1.54) is 18.4 Å². The molecule has 2 aromatic rings. The lowest BCUT2D eigenvalue weighted by Gasteiger charge is -2.29. The zero-order valence-electron chi connectivity index (χ0n) is 13.0. The minimum atomic E-state index is 0.156. The molecule has 0 spiro atoms. The van der Waals surface area contributed by atoms with E-state index in [1.54, 1.807) is 0 Å². The summed E-state index contributed by atoms with van der Waals surface area (Å²) >= 11 is 0. The summed E-state index contributed by atoms with van der Waals surface area (Å²) in [6.45, 7) is 8.41. The Bertz CT molecular complexity index is 612. The first-order valence-corrected chi connectivity index (χ1v) is 7.96. The SMILES string of the molecule is Cc1ccc2c(c1)nc(CN1CCC(C)CC1)n2CCO. The van der Waals surface area contributed by atoms with Crippen LogP contribution in [0.25, 0.3) is 11.0 Å². The first-order valence-electron chi connectivity index (χ1n) is 7.96. The van der Waals surface area contributed by atoms with Crippen molar-refractivity contribution in [2.75, 3.05) is 19.7 Å². The van der Waals surface area contributed by atoms with E-state index >= 15 is 0 Å². The molecule has 1 fully saturated rings. The van der Waals surface area contributed by atoms with E-state index in [1.807, 2.05) is 0 Å². The van der Waals surface area contributed by atoms with E-state index in [-0.39, 0.29) is 6.61 Å². The summed E-state index contributed by atoms with van der Waals surface area (Å²) in [5.74, 6) is 1.93. The van der Waals surface area contributed by atoms with Crippen molar-refractivity contribution >= 4 is 11.0 Å². The van der Waals surface area contributed by atoms with Gasteiger partial charge in [-0.05, 0) is 56.5 Å². The summed E-state index contributed by atoms with van der Waals surface area (Å²) < 4.78 is 2.17. The fourth-order valence-electron chi connectivity index (χ4n) is 3.18. The van der Waals surface area contributed by atoms with E-state index in [9.17, 15) is 5.11 Å². The van der Waals surface area contributed by atoms with Gasteiger partial charge in [-0.3, -0.25) is 4.90 Å². The number of nitrogens with zero attached hydrogens (tertiary/aromatic N) is 3. The molecule has 0 unspecified atom stereocenters. The van der Waals surface area contributed by atoms with Gasteiger partial charge in [-0.15, -0.1) is 0 Å². The molecule has 1 saturated heterocycles. The molecule has 1 aromatic heterocycles. The fourth-order valence-corrected chi connectivity index (χ4v) is 3.18. The Morgan fingerprint density at radius 2 is 2.05 bits per heavy atom. The summed E-state index contributed by atoms with van der Waals surface area (Å²) in [6.07, 6.45) is 2.55. The van der Waals surface area contributed by atoms with Crippen molar-refractivity contribution in [3.63, 3.8) is 0 Å². The van der Waals surface area contributed by atoms with Crippen LogP contribution in [0.4, 0.5) is 0 Å². The second kappa shape index (κ2) is 6.16. The second-order valence-corrected chi connectivity index (χ2v) is 6.35. The van der Waals surface area contributed by atoms with Crippen molar-refractivity contribution in [2.24, 2.45) is 5.92 Å². The Hall–Kier alpha value is -1.39. The average Bonchev–Trinajstić information content (AvgIpc) is 2.79. The van der Waals surface area contributed by atoms with E-state index < -0.39 is 0 Å². The number of imidazole rings is 1. The summed E-state index contributed by atoms with van der Waals surface area (Å²) in [7, 11) is 0. The van der Waals surface area contributed by atoms with Crippen molar-refractivity contribution in [1.29, 1.82) is 0 Å². The van der Waals surface area contributed by atoms with E-state index in [2.05, 4.69) is 41.5 Å². The van der Waals surface area contributed by atoms with Gasteiger partial charge in [0.05, 0.1) is 24.2 Å². The lowest BCUT2D eigenvalue weighted by Crippen LogP contribution is -2.33. The number of rotatable bonds is 4. The van der Waals surface area contributed by atoms with Gasteiger partial charge in [-0.1, -0.05) is 13.0 Å². The number of benzene rings is 1. The molecule has 3 rings (SSSR count). The van der Waals surface area contributed by atoms with Crippen LogP contribution in [-0.2, 0) is 13.1 Å². The first-order chi connectivity index (χ1) is 10.2. The van der Waals surface area contributed by atoms with Crippen molar-refractivity contribution in [2.45, 2.75) is 39.8 Å². The van der Waals surface area contributed by atoms with Crippen LogP contribution in [0.15, 0.2) is 18.2 Å². The minimum absolute atomic E-state index is 0.156. The molecule has 4 nitrogen and oxygen atoms in total. The Labute approximate surface area is 126 Å². The summed E-state index contributed by atoms with van der Waals surface area (Å²) in [5, 5.41) is 9.35. The van der Waals surface area contributed by atoms with Crippen molar-refractivity contribution in [3.8, 4) is 0 Å². The van der Waals surface area contributed by atoms with Crippen LogP contribution in [0.3, 0.4) is 0 Å². The largest absolute Gasteiger partial charge is 0.395 e. The number of piperidine rings is 1. The average molecular weight is 287 g/mol. The molecular weight excluding hydrogens is 262 g/mol. The molecule has 0 aliphatic carbocycles. The van der Waals surface area contributed by atoms with Crippen LogP contribution in [0.5, 0.6) is 0 Å². The van der Waals surface area contributed by atoms with Gasteiger partial charge < -0.3 is 9.67 Å². The normalized spacial score (nSPS) is 17.7. The molecule has 1 aliphatic heterocycles. The van der Waals surface area contributed by atoms with Gasteiger partial charge in [-0.2, -0.15) is 0 Å². The van der Waals surface area contributed by atoms with Gasteiger partial charge >= 0.3 is 0 Å². The number of hydrogen-bond acceptors (Lipinski definition) is 3. The van der Waals surface area contributed by atoms with Crippen LogP contribution in [0.1, 0.15) is 31.2 Å². The number of aryl methyl sites for hydroxylation is 1. The van der Waals surface area contributed by atoms with Crippen LogP contribution in [0.2, 0.25) is 0 Å². The Morgan fingerprint density at radius 3 is 2.76 bits per heavy atom. The lowest BCUT2D eigenvalue weighted by atomic mass is 9.99. The van der Waals surface area contributed by atoms with Crippen molar-refractivity contribution < 1.29 is 5.11 Å². The zero-order valence-corrected chi connectivity index (χ0v) is 13.0. The highest BCUT2D eigenvalue weighted by molar-refractivity contribution is 5.76. The molecule has 114 valence electrons. The van der Waals surface area contributed by atoms with Crippen LogP contribution in [0, 0.1) is 12.8 Å². The van der Waals surface area contributed by atoms with Crippen molar-refractivity contribution in [1.82, 2.24) is 14.5 Å². The molecule has 1 aliphatic rings. The summed E-state index contributed by atoms with van der Waals surface area (Å²) in [4.78, 5) is 7.30. The van der Waals surface area contributed by atoms with Gasteiger partial charge in [0.25, 0.3) is 0 Å². The van der Waals surface area contributed by atoms with Gasteiger partial charge in [0.15, 0.2) is 0 Å². The smallest absolute Gasteiger partial charge is 0.124 e. The van der Waals surface area contributed by atoms with Gasteiger partial charge in [0.1, 0.15) is 5.82 Å². The quantitative estimate of drug-likeness (QED) is 0.939. The molecule has 1 N–H and O–H groups in total. The Balaban J connectivity index is 1.87. The molecule has 0 atom stereocenters. The number of fused-ring (bicyclic) bond motifs is 1. The number of likely N-dealkylation sites (tertiary alicyclic amines) is 1. The third-order valence-electron chi connectivity index (χ3n) is 4.55. The number of aliphatic hydroxyl groups is 1. The Morgan fingerprint density at radius 1 is 1.29 bits per heavy atom. The van der Waals surface area contributed by atoms with Gasteiger partial charge in [0, 0.05) is 6.54 Å². The third kappa shape index (κ3) is 3.11. The molecule has 0 radical (unpaired) electrons. The lowest BCUT2D eigenvalue weighted by molar-refractivity contribution is 0.178. The molecule has 0 saturated carbocycles. The number of aromatic nitrogens is 2. The minimum Gasteiger partial charge on any atom is -0.395 e. The first kappa shape index (κ1) is 14.5. The molecule has 1 aromatic carbocycles. The number of hydrogen-bond donors (Lipinski definition) is 1. The maximum absolute atomic E-state index is 9.35. The monoisotopic (exact) mass is 287 g/mol. The van der Waals surface area contributed by atoms with Crippen LogP contribution < -0.4 is 0 Å². The van der Waals surface area contributed by atoms with Crippen molar-refractivity contribution in [3.05, 3.63) is 29.6 Å². The van der Waals surface area contributed by atoms with E-state index in [0.717, 1.165) is 42.4 Å². The van der Waals surface area contributed by atoms with Gasteiger partial charge in [-0.25, -0.2) is 4.98 Å². The molecule has 0 amide bonds. The molecular formula is C17H25N3O. The Kier molecular flexibility index (Phi) is 4.27. The van der Waals surface area contributed by atoms with E-state index in [0.29, 0.717) is 6.54 Å². The maximum Gasteiger partial charge on any atom is 0.124 e. The highest BCUT2D eigenvalue weighted by Gasteiger charge is 2.19. The molecule has 21 heavy (non-hydrogen) atoms. The van der Waals surface area contributed by atoms with Crippen LogP contribution in [-0.4, -0.2) is 39.3 Å². The number of aliphatic hydroxyl groups excluding tert-OH is 1. The van der Waals surface area contributed by atoms with E-state index in [4.69, 9.17) is 4.98 Å². The predicted molar refractivity (Wildman–Crippen MR) is 85.2 cm³/mol. The predicted octanol–water partition coefficient (Wildman–Crippen LogP) is 2.57. The second-order valence-electron chi connectivity index (χ2n) is 6.35. The summed E-state index contributed by atoms with van der Waals surface area (Å²) in [5.41, 5.74) is 3.41. The van der Waals surface area contributed by atoms with Crippen LogP contribution >= 0.6 is 0 Å². The molecule has 4 heteroatoms. The molecule has 2 heterocycles. The highest BCUT2D eigenvalue weighted by Crippen LogP contribution is 2.21.